The maximum absolute atomic E-state index is 12.4. The first-order valence-corrected chi connectivity index (χ1v) is 9.88. The van der Waals surface area contributed by atoms with Crippen LogP contribution in [0.5, 0.6) is 0 Å². The average molecular weight is 344 g/mol. The molecule has 2 fully saturated rings. The molecular formula is C21H32N2O2. The van der Waals surface area contributed by atoms with Crippen molar-refractivity contribution in [2.75, 3.05) is 19.6 Å². The molecule has 1 saturated heterocycles. The molecule has 4 heteroatoms. The van der Waals surface area contributed by atoms with Gasteiger partial charge in [-0.1, -0.05) is 50.1 Å². The molecule has 138 valence electrons. The van der Waals surface area contributed by atoms with E-state index in [2.05, 4.69) is 17.1 Å². The molecule has 0 bridgehead atoms. The summed E-state index contributed by atoms with van der Waals surface area (Å²) in [5, 5.41) is 13.8. The van der Waals surface area contributed by atoms with Crippen LogP contribution in [0.1, 0.15) is 57.1 Å². The number of aliphatic hydroxyl groups excluding tert-OH is 1. The molecule has 2 N–H and O–H groups in total. The lowest BCUT2D eigenvalue weighted by atomic mass is 9.86. The topological polar surface area (TPSA) is 52.6 Å². The Kier molecular flexibility index (Phi) is 6.49. The third kappa shape index (κ3) is 5.05. The molecule has 0 spiro atoms. The molecule has 2 aliphatic rings. The minimum atomic E-state index is -0.389. The summed E-state index contributed by atoms with van der Waals surface area (Å²) in [6, 6.07) is 10.3. The van der Waals surface area contributed by atoms with Gasteiger partial charge in [-0.25, -0.2) is 0 Å². The molecule has 1 saturated carbocycles. The van der Waals surface area contributed by atoms with Crippen LogP contribution >= 0.6 is 0 Å². The van der Waals surface area contributed by atoms with Crippen molar-refractivity contribution in [1.82, 2.24) is 10.2 Å². The van der Waals surface area contributed by atoms with Crippen LogP contribution in [0.4, 0.5) is 0 Å². The molecule has 1 aromatic rings. The first-order valence-electron chi connectivity index (χ1n) is 9.88. The molecule has 3 atom stereocenters. The summed E-state index contributed by atoms with van der Waals surface area (Å²) in [4.78, 5) is 14.6. The van der Waals surface area contributed by atoms with E-state index in [9.17, 15) is 9.90 Å². The Balaban J connectivity index is 1.42. The largest absolute Gasteiger partial charge is 0.388 e. The monoisotopic (exact) mass is 344 g/mol. The molecule has 3 rings (SSSR count). The Morgan fingerprint density at radius 1 is 1.16 bits per heavy atom. The Morgan fingerprint density at radius 2 is 1.84 bits per heavy atom. The van der Waals surface area contributed by atoms with Gasteiger partial charge in [0.25, 0.3) is 0 Å². The number of amides is 1. The Labute approximate surface area is 151 Å². The smallest absolute Gasteiger partial charge is 0.234 e. The van der Waals surface area contributed by atoms with Crippen LogP contribution in [0.2, 0.25) is 0 Å². The van der Waals surface area contributed by atoms with Gasteiger partial charge in [-0.3, -0.25) is 9.69 Å². The molecule has 1 heterocycles. The number of aliphatic hydroxyl groups is 1. The Hall–Kier alpha value is -1.39. The maximum Gasteiger partial charge on any atom is 0.234 e. The normalized spacial score (nSPS) is 27.0. The van der Waals surface area contributed by atoms with Gasteiger partial charge in [-0.05, 0) is 56.2 Å². The SMILES string of the molecule is C[C@@H]1CCCC[C@@H]1NC(=O)CN1CCC([C@@H](O)c2ccccc2)CC1. The number of benzene rings is 1. The summed E-state index contributed by atoms with van der Waals surface area (Å²) < 4.78 is 0. The fraction of sp³-hybridized carbons (Fsp3) is 0.667. The van der Waals surface area contributed by atoms with Crippen LogP contribution in [0.3, 0.4) is 0 Å². The van der Waals surface area contributed by atoms with Crippen molar-refractivity contribution >= 4 is 5.91 Å². The second-order valence-electron chi connectivity index (χ2n) is 7.90. The van der Waals surface area contributed by atoms with Gasteiger partial charge < -0.3 is 10.4 Å². The zero-order chi connectivity index (χ0) is 17.6. The van der Waals surface area contributed by atoms with E-state index < -0.39 is 0 Å². The molecule has 0 radical (unpaired) electrons. The number of piperidine rings is 1. The summed E-state index contributed by atoms with van der Waals surface area (Å²) in [6.07, 6.45) is 6.39. The van der Waals surface area contributed by atoms with Gasteiger partial charge in [-0.15, -0.1) is 0 Å². The van der Waals surface area contributed by atoms with Crippen molar-refractivity contribution in [3.05, 3.63) is 35.9 Å². The van der Waals surface area contributed by atoms with Crippen LogP contribution in [0.15, 0.2) is 30.3 Å². The highest BCUT2D eigenvalue weighted by Crippen LogP contribution is 2.30. The van der Waals surface area contributed by atoms with E-state index in [1.807, 2.05) is 30.3 Å². The zero-order valence-electron chi connectivity index (χ0n) is 15.4. The van der Waals surface area contributed by atoms with Crippen LogP contribution in [-0.2, 0) is 4.79 Å². The number of carbonyl (C=O) groups excluding carboxylic acids is 1. The minimum absolute atomic E-state index is 0.167. The summed E-state index contributed by atoms with van der Waals surface area (Å²) >= 11 is 0. The highest BCUT2D eigenvalue weighted by molar-refractivity contribution is 5.78. The maximum atomic E-state index is 12.4. The van der Waals surface area contributed by atoms with Gasteiger partial charge in [0.2, 0.25) is 5.91 Å². The molecule has 1 aromatic carbocycles. The van der Waals surface area contributed by atoms with Gasteiger partial charge in [0.05, 0.1) is 12.6 Å². The lowest BCUT2D eigenvalue weighted by Crippen LogP contribution is -2.47. The van der Waals surface area contributed by atoms with Gasteiger partial charge in [0.1, 0.15) is 0 Å². The van der Waals surface area contributed by atoms with E-state index in [4.69, 9.17) is 0 Å². The summed E-state index contributed by atoms with van der Waals surface area (Å²) in [7, 11) is 0. The van der Waals surface area contributed by atoms with E-state index >= 15 is 0 Å². The van der Waals surface area contributed by atoms with Crippen molar-refractivity contribution in [3.8, 4) is 0 Å². The van der Waals surface area contributed by atoms with Crippen molar-refractivity contribution in [2.45, 2.75) is 57.6 Å². The lowest BCUT2D eigenvalue weighted by Gasteiger charge is -2.35. The molecule has 1 aliphatic heterocycles. The zero-order valence-corrected chi connectivity index (χ0v) is 15.4. The lowest BCUT2D eigenvalue weighted by molar-refractivity contribution is -0.124. The number of rotatable bonds is 5. The van der Waals surface area contributed by atoms with Gasteiger partial charge in [0, 0.05) is 6.04 Å². The number of hydrogen-bond acceptors (Lipinski definition) is 3. The van der Waals surface area contributed by atoms with Crippen molar-refractivity contribution in [3.63, 3.8) is 0 Å². The number of nitrogens with one attached hydrogen (secondary N) is 1. The second-order valence-corrected chi connectivity index (χ2v) is 7.90. The van der Waals surface area contributed by atoms with Crippen molar-refractivity contribution in [2.24, 2.45) is 11.8 Å². The molecule has 4 nitrogen and oxygen atoms in total. The van der Waals surface area contributed by atoms with E-state index in [1.165, 1.54) is 19.3 Å². The van der Waals surface area contributed by atoms with Crippen LogP contribution in [0, 0.1) is 11.8 Å². The van der Waals surface area contributed by atoms with Crippen LogP contribution < -0.4 is 5.32 Å². The van der Waals surface area contributed by atoms with E-state index in [0.717, 1.165) is 37.9 Å². The standard InChI is InChI=1S/C21H32N2O2/c1-16-7-5-6-10-19(16)22-20(24)15-23-13-11-18(12-14-23)21(25)17-8-3-2-4-9-17/h2-4,8-9,16,18-19,21,25H,5-7,10-15H2,1H3,(H,22,24)/t16-,19+,21+/m1/s1. The van der Waals surface area contributed by atoms with E-state index in [1.54, 1.807) is 0 Å². The van der Waals surface area contributed by atoms with E-state index in [0.29, 0.717) is 24.4 Å². The van der Waals surface area contributed by atoms with Crippen LogP contribution in [-0.4, -0.2) is 41.6 Å². The molecule has 25 heavy (non-hydrogen) atoms. The highest BCUT2D eigenvalue weighted by Gasteiger charge is 2.28. The summed E-state index contributed by atoms with van der Waals surface area (Å²) in [6.45, 7) is 4.53. The van der Waals surface area contributed by atoms with Crippen molar-refractivity contribution in [1.29, 1.82) is 0 Å². The summed E-state index contributed by atoms with van der Waals surface area (Å²) in [5.41, 5.74) is 1.00. The van der Waals surface area contributed by atoms with Gasteiger partial charge in [-0.2, -0.15) is 0 Å². The first kappa shape index (κ1) is 18.4. The Bertz CT molecular complexity index is 540. The molecule has 1 aliphatic carbocycles. The number of likely N-dealkylation sites (tertiary alicyclic amines) is 1. The van der Waals surface area contributed by atoms with Crippen molar-refractivity contribution < 1.29 is 9.90 Å². The fourth-order valence-electron chi connectivity index (χ4n) is 4.34. The predicted molar refractivity (Wildman–Crippen MR) is 100 cm³/mol. The predicted octanol–water partition coefficient (Wildman–Crippen LogP) is 3.13. The number of carbonyl (C=O) groups is 1. The van der Waals surface area contributed by atoms with E-state index in [-0.39, 0.29) is 12.0 Å². The molecule has 0 unspecified atom stereocenters. The quantitative estimate of drug-likeness (QED) is 0.863. The molecule has 0 aromatic heterocycles. The second kappa shape index (κ2) is 8.81. The number of hydrogen-bond donors (Lipinski definition) is 2. The molecule has 1 amide bonds. The third-order valence-corrected chi connectivity index (χ3v) is 6.04. The van der Waals surface area contributed by atoms with Gasteiger partial charge >= 0.3 is 0 Å². The fourth-order valence-corrected chi connectivity index (χ4v) is 4.34. The summed E-state index contributed by atoms with van der Waals surface area (Å²) in [5.74, 6) is 1.06. The minimum Gasteiger partial charge on any atom is -0.388 e. The third-order valence-electron chi connectivity index (χ3n) is 6.04. The molecular weight excluding hydrogens is 312 g/mol. The Morgan fingerprint density at radius 3 is 2.52 bits per heavy atom. The van der Waals surface area contributed by atoms with Crippen LogP contribution in [0.25, 0.3) is 0 Å². The average Bonchev–Trinajstić information content (AvgIpc) is 2.64. The first-order chi connectivity index (χ1) is 12.1. The highest BCUT2D eigenvalue weighted by atomic mass is 16.3. The number of nitrogens with zero attached hydrogens (tertiary/aromatic N) is 1. The van der Waals surface area contributed by atoms with Gasteiger partial charge in [0.15, 0.2) is 0 Å².